The average Bonchev–Trinajstić information content (AvgIpc) is 2.96. The minimum atomic E-state index is 0.396. The van der Waals surface area contributed by atoms with Crippen molar-refractivity contribution in [2.45, 2.75) is 39.2 Å². The molecule has 4 nitrogen and oxygen atoms in total. The Morgan fingerprint density at radius 3 is 3.15 bits per heavy atom. The number of hydrogen-bond donors (Lipinski definition) is 1. The molecule has 1 saturated heterocycles. The number of thiazole rings is 1. The molecule has 5 heteroatoms. The molecule has 0 spiro atoms. The van der Waals surface area contributed by atoms with Crippen LogP contribution in [0.5, 0.6) is 0 Å². The molecule has 1 N–H and O–H groups in total. The first-order chi connectivity index (χ1) is 9.70. The predicted octanol–water partition coefficient (Wildman–Crippen LogP) is 3.07. The van der Waals surface area contributed by atoms with Crippen molar-refractivity contribution < 1.29 is 4.74 Å². The van der Waals surface area contributed by atoms with Crippen molar-refractivity contribution >= 4 is 16.5 Å². The third-order valence-corrected chi connectivity index (χ3v) is 5.05. The molecule has 114 valence electrons. The normalized spacial score (nSPS) is 20.9. The second-order valence-electron chi connectivity index (χ2n) is 5.68. The summed E-state index contributed by atoms with van der Waals surface area (Å²) in [7, 11) is 2.14. The van der Waals surface area contributed by atoms with Crippen LogP contribution in [0.3, 0.4) is 0 Å². The number of ether oxygens (including phenoxy) is 1. The Morgan fingerprint density at radius 2 is 2.45 bits per heavy atom. The summed E-state index contributed by atoms with van der Waals surface area (Å²) in [6.45, 7) is 8.34. The molecule has 2 atom stereocenters. The highest BCUT2D eigenvalue weighted by atomic mass is 32.1. The molecule has 1 aliphatic heterocycles. The van der Waals surface area contributed by atoms with Crippen LogP contribution < -0.4 is 10.2 Å². The van der Waals surface area contributed by atoms with Crippen molar-refractivity contribution in [1.29, 1.82) is 0 Å². The van der Waals surface area contributed by atoms with Gasteiger partial charge in [0.05, 0.1) is 6.61 Å². The maximum atomic E-state index is 5.55. The second-order valence-corrected chi connectivity index (χ2v) is 6.73. The molecular formula is C15H27N3OS. The fourth-order valence-electron chi connectivity index (χ4n) is 2.53. The maximum absolute atomic E-state index is 5.55. The molecule has 0 saturated carbocycles. The van der Waals surface area contributed by atoms with Gasteiger partial charge in [-0.1, -0.05) is 6.92 Å². The van der Waals surface area contributed by atoms with E-state index in [4.69, 9.17) is 4.74 Å². The summed E-state index contributed by atoms with van der Waals surface area (Å²) in [6.07, 6.45) is 5.65. The molecule has 0 bridgehead atoms. The van der Waals surface area contributed by atoms with Gasteiger partial charge in [-0.3, -0.25) is 0 Å². The first-order valence-electron chi connectivity index (χ1n) is 7.68. The molecule has 0 amide bonds. The van der Waals surface area contributed by atoms with E-state index in [1.54, 1.807) is 11.3 Å². The Kier molecular flexibility index (Phi) is 6.26. The maximum Gasteiger partial charge on any atom is 0.185 e. The first kappa shape index (κ1) is 15.7. The largest absolute Gasteiger partial charge is 0.381 e. The fraction of sp³-hybridized carbons (Fsp3) is 0.800. The van der Waals surface area contributed by atoms with E-state index in [1.807, 2.05) is 6.20 Å². The molecule has 1 aromatic heterocycles. The lowest BCUT2D eigenvalue weighted by atomic mass is 10.0. The number of hydrogen-bond acceptors (Lipinski definition) is 5. The van der Waals surface area contributed by atoms with Gasteiger partial charge in [0.1, 0.15) is 0 Å². The van der Waals surface area contributed by atoms with E-state index in [1.165, 1.54) is 17.7 Å². The zero-order valence-electron chi connectivity index (χ0n) is 12.9. The highest BCUT2D eigenvalue weighted by molar-refractivity contribution is 7.15. The number of rotatable bonds is 7. The molecule has 2 rings (SSSR count). The van der Waals surface area contributed by atoms with Gasteiger partial charge in [0.2, 0.25) is 0 Å². The highest BCUT2D eigenvalue weighted by Gasteiger charge is 2.18. The van der Waals surface area contributed by atoms with E-state index in [0.29, 0.717) is 12.0 Å². The van der Waals surface area contributed by atoms with Gasteiger partial charge in [0, 0.05) is 37.3 Å². The quantitative estimate of drug-likeness (QED) is 0.839. The summed E-state index contributed by atoms with van der Waals surface area (Å²) in [4.78, 5) is 8.17. The molecule has 0 radical (unpaired) electrons. The number of aromatic nitrogens is 1. The average molecular weight is 297 g/mol. The Bertz CT molecular complexity index is 390. The number of nitrogens with zero attached hydrogens (tertiary/aromatic N) is 2. The van der Waals surface area contributed by atoms with Gasteiger partial charge in [0.15, 0.2) is 5.13 Å². The van der Waals surface area contributed by atoms with Crippen LogP contribution in [0, 0.1) is 5.92 Å². The zero-order valence-corrected chi connectivity index (χ0v) is 13.7. The Labute approximate surface area is 126 Å². The smallest absolute Gasteiger partial charge is 0.185 e. The standard InChI is InChI=1S/C15H27N3OS/c1-4-7-16-12(2)14-9-17-15(20-14)18(3)10-13-6-5-8-19-11-13/h9,12-13,16H,4-8,10-11H2,1-3H3. The number of nitrogens with one attached hydrogen (secondary N) is 1. The van der Waals surface area contributed by atoms with Gasteiger partial charge in [0.25, 0.3) is 0 Å². The first-order valence-corrected chi connectivity index (χ1v) is 8.50. The van der Waals surface area contributed by atoms with Crippen LogP contribution in [0.1, 0.15) is 44.0 Å². The van der Waals surface area contributed by atoms with Crippen LogP contribution in [0.4, 0.5) is 5.13 Å². The molecular weight excluding hydrogens is 270 g/mol. The van der Waals surface area contributed by atoms with Crippen LogP contribution in [0.15, 0.2) is 6.20 Å². The monoisotopic (exact) mass is 297 g/mol. The highest BCUT2D eigenvalue weighted by Crippen LogP contribution is 2.27. The van der Waals surface area contributed by atoms with E-state index in [2.05, 4.69) is 36.1 Å². The van der Waals surface area contributed by atoms with Crippen molar-refractivity contribution in [3.05, 3.63) is 11.1 Å². The van der Waals surface area contributed by atoms with Gasteiger partial charge < -0.3 is 15.0 Å². The van der Waals surface area contributed by atoms with Crippen LogP contribution in [0.25, 0.3) is 0 Å². The zero-order chi connectivity index (χ0) is 14.4. The van der Waals surface area contributed by atoms with Crippen LogP contribution >= 0.6 is 11.3 Å². The minimum absolute atomic E-state index is 0.396. The minimum Gasteiger partial charge on any atom is -0.381 e. The van der Waals surface area contributed by atoms with E-state index in [0.717, 1.165) is 37.9 Å². The van der Waals surface area contributed by atoms with E-state index < -0.39 is 0 Å². The van der Waals surface area contributed by atoms with Crippen molar-refractivity contribution in [2.75, 3.05) is 38.3 Å². The molecule has 0 aromatic carbocycles. The summed E-state index contributed by atoms with van der Waals surface area (Å²) < 4.78 is 5.55. The molecule has 2 heterocycles. The lowest BCUT2D eigenvalue weighted by Crippen LogP contribution is -2.30. The second kappa shape index (κ2) is 7.96. The SMILES string of the molecule is CCCNC(C)c1cnc(N(C)CC2CCCOC2)s1. The molecule has 20 heavy (non-hydrogen) atoms. The summed E-state index contributed by atoms with van der Waals surface area (Å²) in [5, 5.41) is 4.64. The summed E-state index contributed by atoms with van der Waals surface area (Å²) in [6, 6.07) is 0.396. The summed E-state index contributed by atoms with van der Waals surface area (Å²) >= 11 is 1.80. The Balaban J connectivity index is 1.86. The van der Waals surface area contributed by atoms with Gasteiger partial charge >= 0.3 is 0 Å². The third-order valence-electron chi connectivity index (χ3n) is 3.75. The molecule has 1 aromatic rings. The lowest BCUT2D eigenvalue weighted by Gasteiger charge is -2.26. The Morgan fingerprint density at radius 1 is 1.60 bits per heavy atom. The predicted molar refractivity (Wildman–Crippen MR) is 85.6 cm³/mol. The van der Waals surface area contributed by atoms with E-state index in [-0.39, 0.29) is 0 Å². The molecule has 0 aliphatic carbocycles. The summed E-state index contributed by atoms with van der Waals surface area (Å²) in [5.41, 5.74) is 0. The van der Waals surface area contributed by atoms with Gasteiger partial charge in [-0.05, 0) is 38.6 Å². The lowest BCUT2D eigenvalue weighted by molar-refractivity contribution is 0.0576. The van der Waals surface area contributed by atoms with Crippen molar-refractivity contribution in [1.82, 2.24) is 10.3 Å². The van der Waals surface area contributed by atoms with E-state index >= 15 is 0 Å². The third kappa shape index (κ3) is 4.43. The van der Waals surface area contributed by atoms with Crippen molar-refractivity contribution in [3.8, 4) is 0 Å². The van der Waals surface area contributed by atoms with Crippen LogP contribution in [-0.2, 0) is 4.74 Å². The van der Waals surface area contributed by atoms with Gasteiger partial charge in [-0.25, -0.2) is 4.98 Å². The molecule has 2 unspecified atom stereocenters. The van der Waals surface area contributed by atoms with Crippen molar-refractivity contribution in [3.63, 3.8) is 0 Å². The fourth-order valence-corrected chi connectivity index (χ4v) is 3.44. The molecule has 1 fully saturated rings. The Hall–Kier alpha value is -0.650. The molecule has 1 aliphatic rings. The van der Waals surface area contributed by atoms with Crippen LogP contribution in [-0.4, -0.2) is 38.3 Å². The van der Waals surface area contributed by atoms with Gasteiger partial charge in [-0.2, -0.15) is 0 Å². The van der Waals surface area contributed by atoms with Gasteiger partial charge in [-0.15, -0.1) is 11.3 Å². The summed E-state index contributed by atoms with van der Waals surface area (Å²) in [5.74, 6) is 0.650. The number of anilines is 1. The van der Waals surface area contributed by atoms with E-state index in [9.17, 15) is 0 Å². The van der Waals surface area contributed by atoms with Crippen LogP contribution in [0.2, 0.25) is 0 Å². The van der Waals surface area contributed by atoms with Crippen molar-refractivity contribution in [2.24, 2.45) is 5.92 Å². The topological polar surface area (TPSA) is 37.4 Å².